The molecule has 0 fully saturated rings. The van der Waals surface area contributed by atoms with Crippen molar-refractivity contribution in [2.45, 2.75) is 40.5 Å². The molecule has 0 aromatic heterocycles. The van der Waals surface area contributed by atoms with Crippen LogP contribution in [0.4, 0.5) is 0 Å². The zero-order valence-corrected chi connectivity index (χ0v) is 15.4. The Labute approximate surface area is 145 Å². The molecule has 0 bridgehead atoms. The standard InChI is InChI=1S/C24H26/c1-16(2)21-11-8-9-12-22(21)18(4)19(5)24-17(3)14-15-20-10-6-7-13-23(20)24/h6-16H,1-5H3/b19-18+. The van der Waals surface area contributed by atoms with Gasteiger partial charge in [0.1, 0.15) is 0 Å². The summed E-state index contributed by atoms with van der Waals surface area (Å²) in [7, 11) is 0. The van der Waals surface area contributed by atoms with Gasteiger partial charge in [-0.1, -0.05) is 74.5 Å². The molecule has 0 amide bonds. The van der Waals surface area contributed by atoms with E-state index >= 15 is 0 Å². The molecule has 3 aromatic carbocycles. The quantitative estimate of drug-likeness (QED) is 0.447. The first-order valence-corrected chi connectivity index (χ1v) is 8.76. The fourth-order valence-electron chi connectivity index (χ4n) is 3.61. The van der Waals surface area contributed by atoms with E-state index in [0.29, 0.717) is 5.92 Å². The highest BCUT2D eigenvalue weighted by Gasteiger charge is 2.13. The summed E-state index contributed by atoms with van der Waals surface area (Å²) >= 11 is 0. The Morgan fingerprint density at radius 2 is 1.42 bits per heavy atom. The lowest BCUT2D eigenvalue weighted by atomic mass is 9.87. The van der Waals surface area contributed by atoms with E-state index in [2.05, 4.69) is 95.3 Å². The van der Waals surface area contributed by atoms with Gasteiger partial charge in [0.2, 0.25) is 0 Å². The van der Waals surface area contributed by atoms with E-state index in [1.54, 1.807) is 0 Å². The van der Waals surface area contributed by atoms with Gasteiger partial charge in [0.25, 0.3) is 0 Å². The minimum Gasteiger partial charge on any atom is -0.0619 e. The maximum absolute atomic E-state index is 2.27. The SMILES string of the molecule is C/C(=C(/C)c1c(C)ccc2ccccc12)c1ccccc1C(C)C. The Hall–Kier alpha value is -2.34. The Morgan fingerprint density at radius 3 is 2.17 bits per heavy atom. The number of allylic oxidation sites excluding steroid dienone is 2. The molecule has 0 radical (unpaired) electrons. The van der Waals surface area contributed by atoms with Crippen LogP contribution in [0.15, 0.2) is 60.7 Å². The number of aryl methyl sites for hydroxylation is 1. The van der Waals surface area contributed by atoms with Crippen molar-refractivity contribution in [1.29, 1.82) is 0 Å². The molecule has 0 aliphatic heterocycles. The fourth-order valence-corrected chi connectivity index (χ4v) is 3.61. The van der Waals surface area contributed by atoms with Crippen molar-refractivity contribution in [2.75, 3.05) is 0 Å². The largest absolute Gasteiger partial charge is 0.0619 e. The normalized spacial score (nSPS) is 12.6. The molecular weight excluding hydrogens is 288 g/mol. The molecule has 0 heteroatoms. The van der Waals surface area contributed by atoms with Crippen molar-refractivity contribution in [3.63, 3.8) is 0 Å². The smallest absolute Gasteiger partial charge is 0.0106 e. The van der Waals surface area contributed by atoms with E-state index in [1.807, 2.05) is 0 Å². The summed E-state index contributed by atoms with van der Waals surface area (Å²) in [4.78, 5) is 0. The molecule has 0 aliphatic carbocycles. The molecule has 0 nitrogen and oxygen atoms in total. The number of hydrogen-bond donors (Lipinski definition) is 0. The molecule has 0 unspecified atom stereocenters. The van der Waals surface area contributed by atoms with Crippen molar-refractivity contribution < 1.29 is 0 Å². The lowest BCUT2D eigenvalue weighted by Gasteiger charge is -2.18. The van der Waals surface area contributed by atoms with Gasteiger partial charge in [0.15, 0.2) is 0 Å². The number of rotatable bonds is 3. The predicted molar refractivity (Wildman–Crippen MR) is 107 cm³/mol. The average molecular weight is 314 g/mol. The summed E-state index contributed by atoms with van der Waals surface area (Å²) in [5.41, 5.74) is 8.26. The fraction of sp³-hybridized carbons (Fsp3) is 0.250. The van der Waals surface area contributed by atoms with Gasteiger partial charge < -0.3 is 0 Å². The zero-order chi connectivity index (χ0) is 17.3. The molecule has 122 valence electrons. The first-order chi connectivity index (χ1) is 11.5. The summed E-state index contributed by atoms with van der Waals surface area (Å²) in [5.74, 6) is 0.526. The topological polar surface area (TPSA) is 0 Å². The third-order valence-electron chi connectivity index (χ3n) is 5.06. The van der Waals surface area contributed by atoms with Crippen LogP contribution in [0.3, 0.4) is 0 Å². The number of hydrogen-bond acceptors (Lipinski definition) is 0. The van der Waals surface area contributed by atoms with Crippen LogP contribution in [-0.4, -0.2) is 0 Å². The Balaban J connectivity index is 2.27. The van der Waals surface area contributed by atoms with E-state index < -0.39 is 0 Å². The van der Waals surface area contributed by atoms with Gasteiger partial charge in [-0.05, 0) is 70.9 Å². The van der Waals surface area contributed by atoms with E-state index in [-0.39, 0.29) is 0 Å². The minimum atomic E-state index is 0.526. The summed E-state index contributed by atoms with van der Waals surface area (Å²) in [6.45, 7) is 11.3. The summed E-state index contributed by atoms with van der Waals surface area (Å²) in [6.07, 6.45) is 0. The predicted octanol–water partition coefficient (Wildman–Crippen LogP) is 7.22. The molecular formula is C24H26. The highest BCUT2D eigenvalue weighted by molar-refractivity contribution is 6.01. The van der Waals surface area contributed by atoms with Crippen LogP contribution in [-0.2, 0) is 0 Å². The Bertz CT molecular complexity index is 910. The maximum Gasteiger partial charge on any atom is -0.0106 e. The van der Waals surface area contributed by atoms with Crippen LogP contribution >= 0.6 is 0 Å². The molecule has 0 heterocycles. The lowest BCUT2D eigenvalue weighted by molar-refractivity contribution is 0.862. The first-order valence-electron chi connectivity index (χ1n) is 8.76. The number of fused-ring (bicyclic) bond motifs is 1. The van der Waals surface area contributed by atoms with E-state index in [0.717, 1.165) is 0 Å². The molecule has 3 rings (SSSR count). The van der Waals surface area contributed by atoms with Gasteiger partial charge in [-0.2, -0.15) is 0 Å². The monoisotopic (exact) mass is 314 g/mol. The summed E-state index contributed by atoms with van der Waals surface area (Å²) < 4.78 is 0. The van der Waals surface area contributed by atoms with Crippen molar-refractivity contribution in [3.05, 3.63) is 82.9 Å². The molecule has 0 aliphatic rings. The lowest BCUT2D eigenvalue weighted by Crippen LogP contribution is -1.97. The van der Waals surface area contributed by atoms with Crippen LogP contribution in [0.5, 0.6) is 0 Å². The van der Waals surface area contributed by atoms with Gasteiger partial charge in [0, 0.05) is 0 Å². The highest BCUT2D eigenvalue weighted by atomic mass is 14.2. The average Bonchev–Trinajstić information content (AvgIpc) is 2.60. The van der Waals surface area contributed by atoms with Gasteiger partial charge in [-0.15, -0.1) is 0 Å². The molecule has 0 saturated heterocycles. The van der Waals surface area contributed by atoms with Gasteiger partial charge in [-0.25, -0.2) is 0 Å². The molecule has 0 saturated carbocycles. The third kappa shape index (κ3) is 2.89. The van der Waals surface area contributed by atoms with Crippen LogP contribution < -0.4 is 0 Å². The van der Waals surface area contributed by atoms with Crippen molar-refractivity contribution in [3.8, 4) is 0 Å². The van der Waals surface area contributed by atoms with E-state index in [1.165, 1.54) is 44.2 Å². The van der Waals surface area contributed by atoms with Crippen molar-refractivity contribution in [1.82, 2.24) is 0 Å². The molecule has 3 aromatic rings. The number of benzene rings is 3. The van der Waals surface area contributed by atoms with Crippen molar-refractivity contribution >= 4 is 21.9 Å². The first kappa shape index (κ1) is 16.5. The maximum atomic E-state index is 2.27. The van der Waals surface area contributed by atoms with Crippen LogP contribution in [0.25, 0.3) is 21.9 Å². The third-order valence-corrected chi connectivity index (χ3v) is 5.06. The van der Waals surface area contributed by atoms with Crippen LogP contribution in [0.1, 0.15) is 55.9 Å². The van der Waals surface area contributed by atoms with Crippen LogP contribution in [0.2, 0.25) is 0 Å². The van der Waals surface area contributed by atoms with Crippen LogP contribution in [0, 0.1) is 6.92 Å². The molecule has 24 heavy (non-hydrogen) atoms. The summed E-state index contributed by atoms with van der Waals surface area (Å²) in [6, 6.07) is 21.9. The second-order valence-corrected chi connectivity index (χ2v) is 6.97. The Morgan fingerprint density at radius 1 is 0.750 bits per heavy atom. The molecule has 0 spiro atoms. The molecule has 0 N–H and O–H groups in total. The Kier molecular flexibility index (Phi) is 4.57. The van der Waals surface area contributed by atoms with Gasteiger partial charge >= 0.3 is 0 Å². The van der Waals surface area contributed by atoms with Gasteiger partial charge in [-0.3, -0.25) is 0 Å². The highest BCUT2D eigenvalue weighted by Crippen LogP contribution is 2.35. The second-order valence-electron chi connectivity index (χ2n) is 6.97. The van der Waals surface area contributed by atoms with Gasteiger partial charge in [0.05, 0.1) is 0 Å². The van der Waals surface area contributed by atoms with Crippen molar-refractivity contribution in [2.24, 2.45) is 0 Å². The second kappa shape index (κ2) is 6.65. The minimum absolute atomic E-state index is 0.526. The van der Waals surface area contributed by atoms with E-state index in [4.69, 9.17) is 0 Å². The summed E-state index contributed by atoms with van der Waals surface area (Å²) in [5, 5.41) is 2.65. The molecule has 0 atom stereocenters. The van der Waals surface area contributed by atoms with E-state index in [9.17, 15) is 0 Å². The zero-order valence-electron chi connectivity index (χ0n) is 15.4.